The van der Waals surface area contributed by atoms with Crippen molar-refractivity contribution in [3.63, 3.8) is 0 Å². The smallest absolute Gasteiger partial charge is 0.303 e. The minimum absolute atomic E-state index is 0.0681. The van der Waals surface area contributed by atoms with E-state index in [2.05, 4.69) is 9.97 Å². The fourth-order valence-electron chi connectivity index (χ4n) is 5.17. The molecule has 1 aromatic rings. The summed E-state index contributed by atoms with van der Waals surface area (Å²) in [7, 11) is 0. The molecule has 2 aliphatic carbocycles. The van der Waals surface area contributed by atoms with Crippen LogP contribution >= 0.6 is 0 Å². The highest BCUT2D eigenvalue weighted by Gasteiger charge is 2.57. The molecule has 0 spiro atoms. The topological polar surface area (TPSA) is 69.6 Å². The monoisotopic (exact) mass is 414 g/mol. The maximum atomic E-state index is 14.6. The van der Waals surface area contributed by atoms with E-state index in [1.54, 1.807) is 0 Å². The van der Waals surface area contributed by atoms with Gasteiger partial charge in [0.15, 0.2) is 0 Å². The average Bonchev–Trinajstić information content (AvgIpc) is 3.08. The molecular formula is C19H22F4N4O2. The minimum Gasteiger partial charge on any atom is -0.481 e. The van der Waals surface area contributed by atoms with Crippen molar-refractivity contribution in [3.8, 4) is 0 Å². The van der Waals surface area contributed by atoms with Crippen LogP contribution in [-0.4, -0.2) is 52.6 Å². The molecule has 4 aliphatic rings. The number of halogens is 4. The van der Waals surface area contributed by atoms with Gasteiger partial charge in [-0.2, -0.15) is 13.8 Å². The van der Waals surface area contributed by atoms with Crippen LogP contribution in [0.2, 0.25) is 0 Å². The molecule has 0 amide bonds. The maximum Gasteiger partial charge on any atom is 0.303 e. The molecule has 10 heteroatoms. The minimum atomic E-state index is -3.11. The second kappa shape index (κ2) is 5.95. The molecule has 6 nitrogen and oxygen atoms in total. The Hall–Kier alpha value is -2.13. The number of carbonyl (C=O) groups is 1. The molecule has 1 aromatic heterocycles. The van der Waals surface area contributed by atoms with Gasteiger partial charge in [-0.05, 0) is 37.5 Å². The predicted octanol–water partition coefficient (Wildman–Crippen LogP) is 2.91. The summed E-state index contributed by atoms with van der Waals surface area (Å²) in [5, 5.41) is 8.99. The van der Waals surface area contributed by atoms with Crippen molar-refractivity contribution in [2.45, 2.75) is 50.5 Å². The average molecular weight is 414 g/mol. The van der Waals surface area contributed by atoms with Crippen LogP contribution in [0.3, 0.4) is 0 Å². The lowest BCUT2D eigenvalue weighted by Crippen LogP contribution is -2.64. The summed E-state index contributed by atoms with van der Waals surface area (Å²) in [5.41, 5.74) is 0.0647. The van der Waals surface area contributed by atoms with Gasteiger partial charge in [0, 0.05) is 31.5 Å². The number of nitrogens with zero attached hydrogens (tertiary/aromatic N) is 4. The Kier molecular flexibility index (Phi) is 3.87. The number of alkyl halides is 4. The van der Waals surface area contributed by atoms with Gasteiger partial charge in [0.2, 0.25) is 5.95 Å². The van der Waals surface area contributed by atoms with E-state index in [1.807, 2.05) is 4.90 Å². The zero-order valence-electron chi connectivity index (χ0n) is 15.9. The molecule has 29 heavy (non-hydrogen) atoms. The molecule has 3 heterocycles. The SMILES string of the molecule is C[C@@H]1N(c2nc(N3C[C@@H]4C(CC(=O)O)[C@@H]4C3)c3c(n2)C(F)(F)CCC3)CC1(F)F. The number of hydrogen-bond acceptors (Lipinski definition) is 5. The fraction of sp³-hybridized carbons (Fsp3) is 0.737. The molecule has 0 bridgehead atoms. The van der Waals surface area contributed by atoms with Crippen molar-refractivity contribution in [1.82, 2.24) is 9.97 Å². The Morgan fingerprint density at radius 1 is 1.21 bits per heavy atom. The van der Waals surface area contributed by atoms with Gasteiger partial charge >= 0.3 is 5.97 Å². The number of piperidine rings is 1. The molecule has 158 valence electrons. The first-order valence-electron chi connectivity index (χ1n) is 9.99. The molecule has 2 aliphatic heterocycles. The van der Waals surface area contributed by atoms with Gasteiger partial charge in [-0.25, -0.2) is 13.8 Å². The van der Waals surface area contributed by atoms with Crippen molar-refractivity contribution >= 4 is 17.7 Å². The van der Waals surface area contributed by atoms with Crippen LogP contribution < -0.4 is 9.80 Å². The normalized spacial score (nSPS) is 33.7. The van der Waals surface area contributed by atoms with Crippen molar-refractivity contribution in [2.75, 3.05) is 29.4 Å². The van der Waals surface area contributed by atoms with E-state index in [4.69, 9.17) is 5.11 Å². The summed E-state index contributed by atoms with van der Waals surface area (Å²) >= 11 is 0. The van der Waals surface area contributed by atoms with E-state index in [1.165, 1.54) is 11.8 Å². The maximum absolute atomic E-state index is 14.6. The van der Waals surface area contributed by atoms with Crippen molar-refractivity contribution in [2.24, 2.45) is 17.8 Å². The van der Waals surface area contributed by atoms with Gasteiger partial charge in [0.1, 0.15) is 11.5 Å². The van der Waals surface area contributed by atoms with Crippen LogP contribution in [0.5, 0.6) is 0 Å². The van der Waals surface area contributed by atoms with E-state index >= 15 is 0 Å². The molecule has 2 saturated heterocycles. The highest BCUT2D eigenvalue weighted by atomic mass is 19.3. The van der Waals surface area contributed by atoms with Gasteiger partial charge in [-0.1, -0.05) is 0 Å². The van der Waals surface area contributed by atoms with Gasteiger partial charge < -0.3 is 14.9 Å². The van der Waals surface area contributed by atoms with Crippen LogP contribution in [0, 0.1) is 17.8 Å². The lowest BCUT2D eigenvalue weighted by atomic mass is 9.92. The zero-order chi connectivity index (χ0) is 20.7. The zero-order valence-corrected chi connectivity index (χ0v) is 15.9. The van der Waals surface area contributed by atoms with E-state index in [-0.39, 0.29) is 42.2 Å². The Bertz CT molecular complexity index is 868. The third-order valence-corrected chi connectivity index (χ3v) is 7.04. The highest BCUT2D eigenvalue weighted by molar-refractivity contribution is 5.68. The third kappa shape index (κ3) is 2.85. The Balaban J connectivity index is 1.47. The predicted molar refractivity (Wildman–Crippen MR) is 95.6 cm³/mol. The van der Waals surface area contributed by atoms with Gasteiger partial charge in [-0.15, -0.1) is 0 Å². The van der Waals surface area contributed by atoms with E-state index in [9.17, 15) is 22.4 Å². The summed E-state index contributed by atoms with van der Waals surface area (Å²) in [4.78, 5) is 22.7. The molecule has 1 saturated carbocycles. The van der Waals surface area contributed by atoms with Gasteiger partial charge in [-0.3, -0.25) is 4.79 Å². The third-order valence-electron chi connectivity index (χ3n) is 7.04. The molecular weight excluding hydrogens is 392 g/mol. The highest BCUT2D eigenvalue weighted by Crippen LogP contribution is 2.55. The quantitative estimate of drug-likeness (QED) is 0.765. The molecule has 1 N–H and O–H groups in total. The second-order valence-electron chi connectivity index (χ2n) is 8.79. The molecule has 0 radical (unpaired) electrons. The Morgan fingerprint density at radius 3 is 2.48 bits per heavy atom. The number of anilines is 2. The first-order valence-corrected chi connectivity index (χ1v) is 9.99. The first-order chi connectivity index (χ1) is 13.6. The standard InChI is InChI=1S/C19H22F4N4O2/c1-9-19(22,23)8-27(9)17-24-15-10(3-2-4-18(15,20)21)16(25-17)26-6-12-11(5-14(28)29)13(12)7-26/h9,11-13H,2-8H2,1H3,(H,28,29)/t9-,11?,12-,13+/m0/s1. The van der Waals surface area contributed by atoms with E-state index in [0.717, 1.165) is 0 Å². The number of carboxylic acid groups (broad SMARTS) is 1. The van der Waals surface area contributed by atoms with Gasteiger partial charge in [0.05, 0.1) is 12.6 Å². The molecule has 3 fully saturated rings. The number of fused-ring (bicyclic) bond motifs is 2. The first kappa shape index (κ1) is 18.9. The summed E-state index contributed by atoms with van der Waals surface area (Å²) in [6, 6.07) is -1.14. The number of hydrogen-bond donors (Lipinski definition) is 1. The number of aliphatic carboxylic acids is 1. The molecule has 5 rings (SSSR count). The second-order valence-corrected chi connectivity index (χ2v) is 8.79. The fourth-order valence-corrected chi connectivity index (χ4v) is 5.17. The van der Waals surface area contributed by atoms with Crippen LogP contribution in [0.4, 0.5) is 29.3 Å². The summed E-state index contributed by atoms with van der Waals surface area (Å²) < 4.78 is 56.6. The lowest BCUT2D eigenvalue weighted by molar-refractivity contribution is -0.137. The Labute approximate surface area is 164 Å². The number of rotatable bonds is 4. The lowest BCUT2D eigenvalue weighted by Gasteiger charge is -2.46. The van der Waals surface area contributed by atoms with Crippen molar-refractivity contribution in [1.29, 1.82) is 0 Å². The molecule has 0 aromatic carbocycles. The number of carboxylic acids is 1. The van der Waals surface area contributed by atoms with Crippen LogP contribution in [0.15, 0.2) is 0 Å². The number of aromatic nitrogens is 2. The van der Waals surface area contributed by atoms with Gasteiger partial charge in [0.25, 0.3) is 11.8 Å². The van der Waals surface area contributed by atoms with Crippen molar-refractivity contribution in [3.05, 3.63) is 11.3 Å². The summed E-state index contributed by atoms with van der Waals surface area (Å²) in [5.74, 6) is -5.92. The van der Waals surface area contributed by atoms with E-state index < -0.39 is 30.4 Å². The molecule has 4 atom stereocenters. The van der Waals surface area contributed by atoms with E-state index in [0.29, 0.717) is 37.3 Å². The summed E-state index contributed by atoms with van der Waals surface area (Å²) in [6.45, 7) is 1.88. The molecule has 1 unspecified atom stereocenters. The van der Waals surface area contributed by atoms with Crippen LogP contribution in [-0.2, 0) is 17.1 Å². The summed E-state index contributed by atoms with van der Waals surface area (Å²) in [6.07, 6.45) is 0.551. The van der Waals surface area contributed by atoms with Crippen molar-refractivity contribution < 1.29 is 27.5 Å². The van der Waals surface area contributed by atoms with Crippen LogP contribution in [0.25, 0.3) is 0 Å². The Morgan fingerprint density at radius 2 is 1.90 bits per heavy atom. The largest absolute Gasteiger partial charge is 0.481 e. The van der Waals surface area contributed by atoms with Crippen LogP contribution in [0.1, 0.15) is 37.4 Å².